The number of aliphatic hydroxyl groups is 1. The van der Waals surface area contributed by atoms with Crippen LogP contribution in [0.15, 0.2) is 18.2 Å². The van der Waals surface area contributed by atoms with Crippen LogP contribution in [0.3, 0.4) is 0 Å². The topological polar surface area (TPSA) is 125 Å². The fourth-order valence-corrected chi connectivity index (χ4v) is 1.72. The Balaban J connectivity index is 3.00. The number of anilines is 1. The number of carbonyl (C=O) groups is 3. The van der Waals surface area contributed by atoms with E-state index in [9.17, 15) is 14.4 Å². The molecule has 1 atom stereocenters. The zero-order valence-corrected chi connectivity index (χ0v) is 13.0. The summed E-state index contributed by atoms with van der Waals surface area (Å²) in [6, 6.07) is 2.95. The molecule has 23 heavy (non-hydrogen) atoms. The van der Waals surface area contributed by atoms with E-state index in [1.807, 2.05) is 6.92 Å². The molecule has 0 saturated heterocycles. The number of aliphatic carboxylic acids is 1. The average Bonchev–Trinajstić information content (AvgIpc) is 2.50. The predicted molar refractivity (Wildman–Crippen MR) is 82.5 cm³/mol. The van der Waals surface area contributed by atoms with Crippen molar-refractivity contribution in [3.8, 4) is 5.75 Å². The molecule has 0 fully saturated rings. The zero-order chi connectivity index (χ0) is 17.4. The van der Waals surface area contributed by atoms with E-state index in [2.05, 4.69) is 10.6 Å². The van der Waals surface area contributed by atoms with Gasteiger partial charge in [-0.1, -0.05) is 6.92 Å². The lowest BCUT2D eigenvalue weighted by Gasteiger charge is -2.15. The van der Waals surface area contributed by atoms with Crippen LogP contribution in [0.4, 0.5) is 5.69 Å². The highest BCUT2D eigenvalue weighted by molar-refractivity contribution is 5.99. The van der Waals surface area contributed by atoms with Crippen molar-refractivity contribution < 1.29 is 29.3 Å². The van der Waals surface area contributed by atoms with E-state index in [0.717, 1.165) is 6.42 Å². The van der Waals surface area contributed by atoms with Gasteiger partial charge in [-0.3, -0.25) is 9.59 Å². The molecule has 4 N–H and O–H groups in total. The number of carbonyl (C=O) groups excluding carboxylic acids is 2. The monoisotopic (exact) mass is 324 g/mol. The maximum Gasteiger partial charge on any atom is 0.328 e. The molecule has 2 amide bonds. The first-order chi connectivity index (χ1) is 10.9. The Morgan fingerprint density at radius 2 is 2.00 bits per heavy atom. The van der Waals surface area contributed by atoms with E-state index in [1.165, 1.54) is 25.1 Å². The molecular formula is C15H20N2O6. The van der Waals surface area contributed by atoms with Crippen molar-refractivity contribution in [1.29, 1.82) is 0 Å². The van der Waals surface area contributed by atoms with Gasteiger partial charge < -0.3 is 25.6 Å². The van der Waals surface area contributed by atoms with E-state index in [1.54, 1.807) is 0 Å². The highest BCUT2D eigenvalue weighted by atomic mass is 16.5. The van der Waals surface area contributed by atoms with Crippen molar-refractivity contribution >= 4 is 23.5 Å². The molecule has 126 valence electrons. The summed E-state index contributed by atoms with van der Waals surface area (Å²) in [5, 5.41) is 22.5. The quantitative estimate of drug-likeness (QED) is 0.555. The van der Waals surface area contributed by atoms with Crippen LogP contribution in [0, 0.1) is 0 Å². The fourth-order valence-electron chi connectivity index (χ4n) is 1.72. The highest BCUT2D eigenvalue weighted by Crippen LogP contribution is 2.26. The van der Waals surface area contributed by atoms with E-state index in [-0.39, 0.29) is 11.5 Å². The van der Waals surface area contributed by atoms with Gasteiger partial charge in [0.1, 0.15) is 5.75 Å². The van der Waals surface area contributed by atoms with Gasteiger partial charge >= 0.3 is 5.97 Å². The molecule has 1 rings (SSSR count). The molecule has 0 heterocycles. The third-order valence-electron chi connectivity index (χ3n) is 2.80. The Labute approximate surface area is 133 Å². The standard InChI is InChI=1S/C15H20N2O6/c1-3-6-23-13-5-4-10(7-11(13)16-9(2)19)14(20)17-12(8-18)15(21)22/h4-5,7,12,18H,3,6,8H2,1-2H3,(H,16,19)(H,17,20)(H,21,22). The molecule has 8 nitrogen and oxygen atoms in total. The van der Waals surface area contributed by atoms with Gasteiger partial charge in [0.25, 0.3) is 5.91 Å². The van der Waals surface area contributed by atoms with Crippen molar-refractivity contribution in [3.63, 3.8) is 0 Å². The Morgan fingerprint density at radius 1 is 1.30 bits per heavy atom. The summed E-state index contributed by atoms with van der Waals surface area (Å²) in [5.74, 6) is -1.94. The number of hydrogen-bond donors (Lipinski definition) is 4. The van der Waals surface area contributed by atoms with Crippen LogP contribution in [0.25, 0.3) is 0 Å². The maximum absolute atomic E-state index is 12.0. The van der Waals surface area contributed by atoms with Crippen LogP contribution in [0.2, 0.25) is 0 Å². The molecule has 0 saturated carbocycles. The third-order valence-corrected chi connectivity index (χ3v) is 2.80. The number of rotatable bonds is 8. The number of nitrogens with one attached hydrogen (secondary N) is 2. The number of carboxylic acids is 1. The van der Waals surface area contributed by atoms with Crippen molar-refractivity contribution in [2.75, 3.05) is 18.5 Å². The van der Waals surface area contributed by atoms with Gasteiger partial charge in [0.2, 0.25) is 5.91 Å². The molecule has 1 aromatic carbocycles. The summed E-state index contributed by atoms with van der Waals surface area (Å²) in [5.41, 5.74) is 0.451. The van der Waals surface area contributed by atoms with E-state index in [0.29, 0.717) is 18.0 Å². The van der Waals surface area contributed by atoms with Gasteiger partial charge in [-0.05, 0) is 24.6 Å². The molecule has 0 radical (unpaired) electrons. The van der Waals surface area contributed by atoms with Gasteiger partial charge in [-0.15, -0.1) is 0 Å². The summed E-state index contributed by atoms with van der Waals surface area (Å²) >= 11 is 0. The lowest BCUT2D eigenvalue weighted by molar-refractivity contribution is -0.140. The van der Waals surface area contributed by atoms with E-state index >= 15 is 0 Å². The second-order valence-corrected chi connectivity index (χ2v) is 4.79. The molecule has 8 heteroatoms. The van der Waals surface area contributed by atoms with Gasteiger partial charge in [-0.2, -0.15) is 0 Å². The summed E-state index contributed by atoms with van der Waals surface area (Å²) < 4.78 is 5.48. The van der Waals surface area contributed by atoms with Gasteiger partial charge in [0, 0.05) is 12.5 Å². The average molecular weight is 324 g/mol. The Bertz CT molecular complexity index is 587. The molecule has 0 bridgehead atoms. The highest BCUT2D eigenvalue weighted by Gasteiger charge is 2.20. The molecule has 1 aromatic rings. The molecule has 0 aromatic heterocycles. The lowest BCUT2D eigenvalue weighted by atomic mass is 10.1. The number of amides is 2. The Hall–Kier alpha value is -2.61. The van der Waals surface area contributed by atoms with E-state index in [4.69, 9.17) is 14.9 Å². The SMILES string of the molecule is CCCOc1ccc(C(=O)NC(CO)C(=O)O)cc1NC(C)=O. The predicted octanol–water partition coefficient (Wildman–Crippen LogP) is 0.609. The number of carboxylic acid groups (broad SMARTS) is 1. The second kappa shape index (κ2) is 8.74. The van der Waals surface area contributed by atoms with Crippen LogP contribution in [-0.2, 0) is 9.59 Å². The van der Waals surface area contributed by atoms with Crippen LogP contribution >= 0.6 is 0 Å². The molecule has 0 aliphatic rings. The van der Waals surface area contributed by atoms with Gasteiger partial charge in [0.15, 0.2) is 6.04 Å². The minimum absolute atomic E-state index is 0.136. The lowest BCUT2D eigenvalue weighted by Crippen LogP contribution is -2.43. The Kier molecular flexibility index (Phi) is 7.01. The van der Waals surface area contributed by atoms with Gasteiger partial charge in [-0.25, -0.2) is 4.79 Å². The summed E-state index contributed by atoms with van der Waals surface area (Å²) in [6.07, 6.45) is 0.776. The first-order valence-corrected chi connectivity index (χ1v) is 7.08. The van der Waals surface area contributed by atoms with Crippen molar-refractivity contribution in [3.05, 3.63) is 23.8 Å². The molecule has 0 aliphatic heterocycles. The normalized spacial score (nSPS) is 11.4. The molecular weight excluding hydrogens is 304 g/mol. The molecule has 0 spiro atoms. The summed E-state index contributed by atoms with van der Waals surface area (Å²) in [4.78, 5) is 34.1. The van der Waals surface area contributed by atoms with Crippen molar-refractivity contribution in [2.45, 2.75) is 26.3 Å². The Morgan fingerprint density at radius 3 is 2.52 bits per heavy atom. The van der Waals surface area contributed by atoms with Crippen LogP contribution in [-0.4, -0.2) is 47.3 Å². The first-order valence-electron chi connectivity index (χ1n) is 7.08. The van der Waals surface area contributed by atoms with Crippen molar-refractivity contribution in [2.24, 2.45) is 0 Å². The number of hydrogen-bond acceptors (Lipinski definition) is 5. The second-order valence-electron chi connectivity index (χ2n) is 4.79. The maximum atomic E-state index is 12.0. The number of benzene rings is 1. The van der Waals surface area contributed by atoms with Crippen LogP contribution < -0.4 is 15.4 Å². The summed E-state index contributed by atoms with van der Waals surface area (Å²) in [6.45, 7) is 2.98. The van der Waals surface area contributed by atoms with Crippen LogP contribution in [0.1, 0.15) is 30.6 Å². The van der Waals surface area contributed by atoms with Crippen LogP contribution in [0.5, 0.6) is 5.75 Å². The first kappa shape index (κ1) is 18.4. The van der Waals surface area contributed by atoms with Crippen molar-refractivity contribution in [1.82, 2.24) is 5.32 Å². The minimum atomic E-state index is -1.40. The van der Waals surface area contributed by atoms with Gasteiger partial charge in [0.05, 0.1) is 18.9 Å². The zero-order valence-electron chi connectivity index (χ0n) is 13.0. The largest absolute Gasteiger partial charge is 0.491 e. The smallest absolute Gasteiger partial charge is 0.328 e. The minimum Gasteiger partial charge on any atom is -0.491 e. The summed E-state index contributed by atoms with van der Waals surface area (Å²) in [7, 11) is 0. The molecule has 0 aliphatic carbocycles. The third kappa shape index (κ3) is 5.59. The fraction of sp³-hybridized carbons (Fsp3) is 0.400. The number of aliphatic hydroxyl groups excluding tert-OH is 1. The number of ether oxygens (including phenoxy) is 1. The van der Waals surface area contributed by atoms with E-state index < -0.39 is 24.5 Å². The molecule has 1 unspecified atom stereocenters.